The number of rotatable bonds is 6. The smallest absolute Gasteiger partial charge is 0.330 e. The van der Waals surface area contributed by atoms with Crippen molar-refractivity contribution in [1.82, 2.24) is 9.97 Å². The Hall–Kier alpha value is -2.76. The highest BCUT2D eigenvalue weighted by molar-refractivity contribution is 5.85. The molecular weight excluding hydrogens is 372 g/mol. The van der Waals surface area contributed by atoms with E-state index in [0.29, 0.717) is 35.6 Å². The number of hydrogen-bond acceptors (Lipinski definition) is 8. The predicted molar refractivity (Wildman–Crippen MR) is 108 cm³/mol. The van der Waals surface area contributed by atoms with E-state index in [4.69, 9.17) is 19.2 Å². The molecule has 1 aliphatic heterocycles. The van der Waals surface area contributed by atoms with Crippen LogP contribution in [0.5, 0.6) is 0 Å². The first-order valence-corrected chi connectivity index (χ1v) is 9.69. The van der Waals surface area contributed by atoms with Gasteiger partial charge in [-0.1, -0.05) is 12.1 Å². The monoisotopic (exact) mass is 398 g/mol. The van der Waals surface area contributed by atoms with Crippen molar-refractivity contribution in [2.24, 2.45) is 0 Å². The van der Waals surface area contributed by atoms with Gasteiger partial charge >= 0.3 is 5.97 Å². The molecule has 1 fully saturated rings. The molecule has 3 rings (SSSR count). The summed E-state index contributed by atoms with van der Waals surface area (Å²) in [5.74, 6) is -1.32. The number of benzene rings is 1. The number of methoxy groups -OCH3 is 1. The van der Waals surface area contributed by atoms with Crippen LogP contribution in [0.25, 0.3) is 11.0 Å². The van der Waals surface area contributed by atoms with Crippen LogP contribution in [0.15, 0.2) is 24.3 Å². The molecule has 0 bridgehead atoms. The van der Waals surface area contributed by atoms with E-state index in [2.05, 4.69) is 11.1 Å². The number of hydrogen-bond donors (Lipinski definition) is 0. The molecule has 0 saturated carbocycles. The van der Waals surface area contributed by atoms with Gasteiger partial charge in [0, 0.05) is 20.2 Å². The number of morpholine rings is 1. The molecule has 29 heavy (non-hydrogen) atoms. The van der Waals surface area contributed by atoms with Gasteiger partial charge in [0.15, 0.2) is 11.7 Å². The molecule has 1 saturated heterocycles. The zero-order chi connectivity index (χ0) is 21.0. The van der Waals surface area contributed by atoms with E-state index in [1.54, 1.807) is 6.92 Å². The highest BCUT2D eigenvalue weighted by Crippen LogP contribution is 2.30. The maximum atomic E-state index is 12.7. The first-order chi connectivity index (χ1) is 13.9. The summed E-state index contributed by atoms with van der Waals surface area (Å²) in [7, 11) is 1.53. The molecule has 0 spiro atoms. The Bertz CT molecular complexity index is 903. The number of aromatic nitrogens is 2. The van der Waals surface area contributed by atoms with Gasteiger partial charge < -0.3 is 19.1 Å². The highest BCUT2D eigenvalue weighted by atomic mass is 16.6. The maximum Gasteiger partial charge on any atom is 0.330 e. The number of para-hydroxylation sites is 2. The van der Waals surface area contributed by atoms with E-state index >= 15 is 0 Å². The van der Waals surface area contributed by atoms with Crippen LogP contribution in [0.1, 0.15) is 32.4 Å². The zero-order valence-corrected chi connectivity index (χ0v) is 17.2. The summed E-state index contributed by atoms with van der Waals surface area (Å²) in [5.41, 5.74) is 1.64. The van der Waals surface area contributed by atoms with Crippen molar-refractivity contribution >= 4 is 22.8 Å². The minimum Gasteiger partial charge on any atom is -0.459 e. The van der Waals surface area contributed by atoms with Gasteiger partial charge in [0.05, 0.1) is 35.9 Å². The van der Waals surface area contributed by atoms with Crippen molar-refractivity contribution in [2.45, 2.75) is 45.0 Å². The van der Waals surface area contributed by atoms with Gasteiger partial charge in [-0.25, -0.2) is 9.97 Å². The van der Waals surface area contributed by atoms with Crippen molar-refractivity contribution in [3.8, 4) is 6.07 Å². The van der Waals surface area contributed by atoms with Gasteiger partial charge in [0.25, 0.3) is 0 Å². The number of fused-ring (bicyclic) bond motifs is 1. The quantitative estimate of drug-likeness (QED) is 0.685. The lowest BCUT2D eigenvalue weighted by atomic mass is 10.1. The molecular formula is C21H26N4O4. The van der Waals surface area contributed by atoms with Crippen molar-refractivity contribution in [3.63, 3.8) is 0 Å². The van der Waals surface area contributed by atoms with Crippen molar-refractivity contribution < 1.29 is 19.0 Å². The first-order valence-electron chi connectivity index (χ1n) is 9.69. The van der Waals surface area contributed by atoms with Crippen molar-refractivity contribution in [2.75, 3.05) is 31.7 Å². The number of esters is 1. The number of nitriles is 1. The average Bonchev–Trinajstić information content (AvgIpc) is 2.67. The number of nitrogens with zero attached hydrogens (tertiary/aromatic N) is 4. The fourth-order valence-corrected chi connectivity index (χ4v) is 3.54. The lowest BCUT2D eigenvalue weighted by molar-refractivity contribution is -0.150. The lowest BCUT2D eigenvalue weighted by Gasteiger charge is -2.37. The molecule has 2 aromatic rings. The summed E-state index contributed by atoms with van der Waals surface area (Å²) < 4.78 is 16.2. The van der Waals surface area contributed by atoms with E-state index in [0.717, 1.165) is 0 Å². The number of anilines is 1. The third-order valence-electron chi connectivity index (χ3n) is 4.65. The van der Waals surface area contributed by atoms with Crippen LogP contribution in [-0.2, 0) is 19.0 Å². The molecule has 4 atom stereocenters. The highest BCUT2D eigenvalue weighted by Gasteiger charge is 2.33. The van der Waals surface area contributed by atoms with Crippen LogP contribution >= 0.6 is 0 Å². The lowest BCUT2D eigenvalue weighted by Crippen LogP contribution is -2.46. The molecule has 2 heterocycles. The number of ether oxygens (including phenoxy) is 3. The van der Waals surface area contributed by atoms with Crippen molar-refractivity contribution in [3.05, 3.63) is 30.0 Å². The Morgan fingerprint density at radius 2 is 1.90 bits per heavy atom. The SMILES string of the molecule is COC[C@H](C)OC(=O)[C@H](C#N)c1nc2ccccc2nc1N1C[C@@H](C)O[C@H](C)C1. The Balaban J connectivity index is 2.04. The second kappa shape index (κ2) is 9.16. The van der Waals surface area contributed by atoms with Gasteiger partial charge in [-0.15, -0.1) is 0 Å². The number of carbonyl (C=O) groups is 1. The van der Waals surface area contributed by atoms with Gasteiger partial charge in [0.2, 0.25) is 0 Å². The second-order valence-corrected chi connectivity index (χ2v) is 7.35. The van der Waals surface area contributed by atoms with Gasteiger partial charge in [-0.3, -0.25) is 4.79 Å². The zero-order valence-electron chi connectivity index (χ0n) is 17.2. The third-order valence-corrected chi connectivity index (χ3v) is 4.65. The molecule has 8 heteroatoms. The largest absolute Gasteiger partial charge is 0.459 e. The number of carbonyl (C=O) groups excluding carboxylic acids is 1. The molecule has 0 radical (unpaired) electrons. The minimum atomic E-state index is -1.19. The summed E-state index contributed by atoms with van der Waals surface area (Å²) >= 11 is 0. The van der Waals surface area contributed by atoms with E-state index in [1.807, 2.05) is 43.0 Å². The molecule has 1 aromatic carbocycles. The van der Waals surface area contributed by atoms with E-state index in [1.165, 1.54) is 7.11 Å². The van der Waals surface area contributed by atoms with E-state index < -0.39 is 18.0 Å². The molecule has 8 nitrogen and oxygen atoms in total. The standard InChI is InChI=1S/C21H26N4O4/c1-13-10-25(11-14(2)28-13)20-19(23-17-7-5-6-8-18(17)24-20)16(9-22)21(26)29-15(3)12-27-4/h5-8,13-16H,10-12H2,1-4H3/t13-,14-,15+,16-/m1/s1. The van der Waals surface area contributed by atoms with Crippen LogP contribution in [-0.4, -0.2) is 61.1 Å². The van der Waals surface area contributed by atoms with Gasteiger partial charge in [0.1, 0.15) is 11.8 Å². The van der Waals surface area contributed by atoms with Crippen LogP contribution in [0.2, 0.25) is 0 Å². The molecule has 0 aliphatic carbocycles. The van der Waals surface area contributed by atoms with Crippen LogP contribution in [0, 0.1) is 11.3 Å². The Kier molecular flexibility index (Phi) is 6.62. The molecule has 154 valence electrons. The Morgan fingerprint density at radius 1 is 1.28 bits per heavy atom. The van der Waals surface area contributed by atoms with Gasteiger partial charge in [-0.2, -0.15) is 5.26 Å². The van der Waals surface area contributed by atoms with Crippen LogP contribution < -0.4 is 4.90 Å². The second-order valence-electron chi connectivity index (χ2n) is 7.35. The third kappa shape index (κ3) is 4.81. The predicted octanol–water partition coefficient (Wildman–Crippen LogP) is 2.43. The molecule has 0 unspecified atom stereocenters. The Labute approximate surface area is 170 Å². The fraction of sp³-hybridized carbons (Fsp3) is 0.524. The fourth-order valence-electron chi connectivity index (χ4n) is 3.54. The topological polar surface area (TPSA) is 97.6 Å². The van der Waals surface area contributed by atoms with Crippen LogP contribution in [0.3, 0.4) is 0 Å². The summed E-state index contributed by atoms with van der Waals surface area (Å²) in [6.07, 6.45) is -0.480. The minimum absolute atomic E-state index is 0.00548. The summed E-state index contributed by atoms with van der Waals surface area (Å²) in [6, 6.07) is 9.46. The van der Waals surface area contributed by atoms with E-state index in [-0.39, 0.29) is 18.8 Å². The first kappa shape index (κ1) is 21.0. The average molecular weight is 398 g/mol. The van der Waals surface area contributed by atoms with Crippen molar-refractivity contribution in [1.29, 1.82) is 5.26 Å². The normalized spacial score (nSPS) is 21.4. The summed E-state index contributed by atoms with van der Waals surface area (Å²) in [6.45, 7) is 7.13. The van der Waals surface area contributed by atoms with Gasteiger partial charge in [-0.05, 0) is 32.9 Å². The molecule has 1 aromatic heterocycles. The Morgan fingerprint density at radius 3 is 2.48 bits per heavy atom. The molecule has 1 aliphatic rings. The van der Waals surface area contributed by atoms with Crippen LogP contribution in [0.4, 0.5) is 5.82 Å². The molecule has 0 N–H and O–H groups in total. The van der Waals surface area contributed by atoms with E-state index in [9.17, 15) is 10.1 Å². The molecule has 0 amide bonds. The summed E-state index contributed by atoms with van der Waals surface area (Å²) in [4.78, 5) is 24.2. The maximum absolute atomic E-state index is 12.7. The summed E-state index contributed by atoms with van der Waals surface area (Å²) in [5, 5.41) is 9.80.